The van der Waals surface area contributed by atoms with Crippen LogP contribution in [0, 0.1) is 0 Å². The summed E-state index contributed by atoms with van der Waals surface area (Å²) < 4.78 is 30.6. The number of halogens is 1. The van der Waals surface area contributed by atoms with E-state index in [-0.39, 0.29) is 12.5 Å². The number of hydrogen-bond donors (Lipinski definition) is 1. The second-order valence-corrected chi connectivity index (χ2v) is 9.46. The van der Waals surface area contributed by atoms with Gasteiger partial charge in [0.25, 0.3) is 0 Å². The van der Waals surface area contributed by atoms with Crippen molar-refractivity contribution < 1.29 is 17.9 Å². The zero-order chi connectivity index (χ0) is 20.6. The predicted octanol–water partition coefficient (Wildman–Crippen LogP) is 3.41. The van der Waals surface area contributed by atoms with Crippen molar-refractivity contribution in [3.8, 4) is 5.75 Å². The number of anilines is 1. The molecule has 0 atom stereocenters. The predicted molar refractivity (Wildman–Crippen MR) is 115 cm³/mol. The van der Waals surface area contributed by atoms with Crippen molar-refractivity contribution in [2.75, 3.05) is 36.5 Å². The lowest BCUT2D eigenvalue weighted by Gasteiger charge is -2.23. The number of methoxy groups -OCH3 is 1. The Balaban J connectivity index is 1.86. The molecule has 28 heavy (non-hydrogen) atoms. The van der Waals surface area contributed by atoms with Gasteiger partial charge in [-0.3, -0.25) is 9.10 Å². The van der Waals surface area contributed by atoms with Crippen LogP contribution < -0.4 is 14.4 Å². The topological polar surface area (TPSA) is 75.7 Å². The third-order valence-electron chi connectivity index (χ3n) is 3.77. The van der Waals surface area contributed by atoms with E-state index in [0.717, 1.165) is 27.6 Å². The first kappa shape index (κ1) is 22.4. The fourth-order valence-corrected chi connectivity index (χ4v) is 4.26. The third kappa shape index (κ3) is 6.92. The van der Waals surface area contributed by atoms with Gasteiger partial charge in [-0.25, -0.2) is 8.42 Å². The molecule has 1 amide bonds. The summed E-state index contributed by atoms with van der Waals surface area (Å²) in [6.07, 6.45) is 1.82. The zero-order valence-electron chi connectivity index (χ0n) is 15.7. The molecule has 0 radical (unpaired) electrons. The van der Waals surface area contributed by atoms with Crippen molar-refractivity contribution in [3.05, 3.63) is 53.6 Å². The van der Waals surface area contributed by atoms with Gasteiger partial charge in [-0.2, -0.15) is 0 Å². The van der Waals surface area contributed by atoms with Gasteiger partial charge in [-0.15, -0.1) is 11.8 Å². The smallest absolute Gasteiger partial charge is 0.240 e. The monoisotopic (exact) mass is 442 g/mol. The number of sulfonamides is 1. The molecule has 0 aromatic heterocycles. The quantitative estimate of drug-likeness (QED) is 0.450. The molecule has 2 aromatic rings. The maximum absolute atomic E-state index is 12.3. The number of amides is 1. The maximum atomic E-state index is 12.3. The van der Waals surface area contributed by atoms with Crippen LogP contribution in [0.3, 0.4) is 0 Å². The van der Waals surface area contributed by atoms with Crippen LogP contribution >= 0.6 is 23.4 Å². The molecule has 0 saturated carbocycles. The maximum Gasteiger partial charge on any atom is 0.240 e. The molecule has 0 aliphatic carbocycles. The first-order chi connectivity index (χ1) is 13.3. The number of thioether (sulfide) groups is 1. The molecule has 0 aliphatic heterocycles. The van der Waals surface area contributed by atoms with Crippen molar-refractivity contribution in [1.29, 1.82) is 0 Å². The molecule has 2 rings (SSSR count). The van der Waals surface area contributed by atoms with E-state index in [1.54, 1.807) is 36.0 Å². The number of ether oxygens (including phenoxy) is 1. The van der Waals surface area contributed by atoms with Crippen LogP contribution in [0.5, 0.6) is 5.75 Å². The average molecular weight is 443 g/mol. The van der Waals surface area contributed by atoms with Crippen LogP contribution in [0.15, 0.2) is 53.4 Å². The summed E-state index contributed by atoms with van der Waals surface area (Å²) in [5.41, 5.74) is 0.334. The van der Waals surface area contributed by atoms with E-state index >= 15 is 0 Å². The Labute approximate surface area is 175 Å². The summed E-state index contributed by atoms with van der Waals surface area (Å²) in [5, 5.41) is 3.46. The van der Waals surface area contributed by atoms with Gasteiger partial charge in [0.15, 0.2) is 0 Å². The highest BCUT2D eigenvalue weighted by atomic mass is 35.5. The van der Waals surface area contributed by atoms with Crippen LogP contribution in [-0.4, -0.2) is 46.5 Å². The SMILES string of the molecule is COc1ccccc1N(CC(=O)NCCCSc1ccc(Cl)cc1)S(C)(=O)=O. The summed E-state index contributed by atoms with van der Waals surface area (Å²) in [6, 6.07) is 14.3. The molecule has 152 valence electrons. The number of carbonyl (C=O) groups excluding carboxylic acids is 1. The second kappa shape index (κ2) is 10.6. The zero-order valence-corrected chi connectivity index (χ0v) is 18.1. The largest absolute Gasteiger partial charge is 0.495 e. The summed E-state index contributed by atoms with van der Waals surface area (Å²) in [7, 11) is -2.19. The number of nitrogens with one attached hydrogen (secondary N) is 1. The minimum Gasteiger partial charge on any atom is -0.495 e. The molecule has 0 fully saturated rings. The number of para-hydroxylation sites is 2. The van der Waals surface area contributed by atoms with Crippen molar-refractivity contribution in [2.24, 2.45) is 0 Å². The lowest BCUT2D eigenvalue weighted by molar-refractivity contribution is -0.119. The van der Waals surface area contributed by atoms with Gasteiger partial charge < -0.3 is 10.1 Å². The van der Waals surface area contributed by atoms with Gasteiger partial charge in [-0.05, 0) is 48.6 Å². The number of hydrogen-bond acceptors (Lipinski definition) is 5. The summed E-state index contributed by atoms with van der Waals surface area (Å²) in [6.45, 7) is 0.159. The van der Waals surface area contributed by atoms with Crippen molar-refractivity contribution in [2.45, 2.75) is 11.3 Å². The molecule has 0 spiro atoms. The van der Waals surface area contributed by atoms with Crippen molar-refractivity contribution >= 4 is 45.0 Å². The van der Waals surface area contributed by atoms with Crippen LogP contribution in [0.1, 0.15) is 6.42 Å². The summed E-state index contributed by atoms with van der Waals surface area (Å²) in [5.74, 6) is 0.845. The van der Waals surface area contributed by atoms with Gasteiger partial charge in [0, 0.05) is 16.5 Å². The molecule has 9 heteroatoms. The average Bonchev–Trinajstić information content (AvgIpc) is 2.66. The van der Waals surface area contributed by atoms with E-state index in [4.69, 9.17) is 16.3 Å². The van der Waals surface area contributed by atoms with E-state index in [0.29, 0.717) is 23.0 Å². The van der Waals surface area contributed by atoms with E-state index in [2.05, 4.69) is 5.32 Å². The van der Waals surface area contributed by atoms with E-state index in [1.807, 2.05) is 24.3 Å². The van der Waals surface area contributed by atoms with Gasteiger partial charge in [0.2, 0.25) is 15.9 Å². The van der Waals surface area contributed by atoms with Crippen LogP contribution in [0.2, 0.25) is 5.02 Å². The highest BCUT2D eigenvalue weighted by molar-refractivity contribution is 7.99. The Bertz CT molecular complexity index is 889. The first-order valence-corrected chi connectivity index (χ1v) is 11.8. The lowest BCUT2D eigenvalue weighted by Crippen LogP contribution is -2.40. The molecular formula is C19H23ClN2O4S2. The second-order valence-electron chi connectivity index (χ2n) is 5.95. The Morgan fingerprint density at radius 2 is 1.86 bits per heavy atom. The molecule has 1 N–H and O–H groups in total. The number of benzene rings is 2. The Morgan fingerprint density at radius 1 is 1.18 bits per heavy atom. The normalized spacial score (nSPS) is 11.1. The van der Waals surface area contributed by atoms with Crippen LogP contribution in [-0.2, 0) is 14.8 Å². The number of rotatable bonds is 10. The lowest BCUT2D eigenvalue weighted by atomic mass is 10.3. The summed E-state index contributed by atoms with van der Waals surface area (Å²) >= 11 is 7.52. The molecule has 2 aromatic carbocycles. The van der Waals surface area contributed by atoms with Gasteiger partial charge in [-0.1, -0.05) is 23.7 Å². The number of carbonyl (C=O) groups is 1. The van der Waals surface area contributed by atoms with Gasteiger partial charge in [0.05, 0.1) is 19.1 Å². The van der Waals surface area contributed by atoms with E-state index in [1.165, 1.54) is 7.11 Å². The fourth-order valence-electron chi connectivity index (χ4n) is 2.42. The minimum absolute atomic E-state index is 0.302. The Kier molecular flexibility index (Phi) is 8.47. The van der Waals surface area contributed by atoms with Gasteiger partial charge in [0.1, 0.15) is 12.3 Å². The van der Waals surface area contributed by atoms with E-state index < -0.39 is 10.0 Å². The fraction of sp³-hybridized carbons (Fsp3) is 0.316. The van der Waals surface area contributed by atoms with E-state index in [9.17, 15) is 13.2 Å². The Morgan fingerprint density at radius 3 is 2.50 bits per heavy atom. The minimum atomic E-state index is -3.64. The molecule has 0 aliphatic rings. The van der Waals surface area contributed by atoms with Crippen LogP contribution in [0.25, 0.3) is 0 Å². The van der Waals surface area contributed by atoms with Gasteiger partial charge >= 0.3 is 0 Å². The van der Waals surface area contributed by atoms with Crippen molar-refractivity contribution in [1.82, 2.24) is 5.32 Å². The highest BCUT2D eigenvalue weighted by Crippen LogP contribution is 2.29. The molecule has 0 heterocycles. The third-order valence-corrected chi connectivity index (χ3v) is 6.24. The standard InChI is InChI=1S/C19H23ClN2O4S2/c1-26-18-7-4-3-6-17(18)22(28(2,24)25)14-19(23)21-12-5-13-27-16-10-8-15(20)9-11-16/h3-4,6-11H,5,12-14H2,1-2H3,(H,21,23). The molecule has 6 nitrogen and oxygen atoms in total. The highest BCUT2D eigenvalue weighted by Gasteiger charge is 2.23. The van der Waals surface area contributed by atoms with Crippen molar-refractivity contribution in [3.63, 3.8) is 0 Å². The molecule has 0 unspecified atom stereocenters. The first-order valence-electron chi connectivity index (χ1n) is 8.57. The molecule has 0 saturated heterocycles. The Hall–Kier alpha value is -1.90. The molecule has 0 bridgehead atoms. The number of nitrogens with zero attached hydrogens (tertiary/aromatic N) is 1. The molecular weight excluding hydrogens is 420 g/mol. The van der Waals surface area contributed by atoms with Crippen LogP contribution in [0.4, 0.5) is 5.69 Å². The summed E-state index contributed by atoms with van der Waals surface area (Å²) in [4.78, 5) is 13.4.